The maximum Gasteiger partial charge on any atom is 0.254 e. The molecule has 5 rings (SSSR count). The van der Waals surface area contributed by atoms with Crippen molar-refractivity contribution in [3.63, 3.8) is 0 Å². The highest BCUT2D eigenvalue weighted by atomic mass is 32.1. The zero-order chi connectivity index (χ0) is 23.1. The summed E-state index contributed by atoms with van der Waals surface area (Å²) in [5.41, 5.74) is 3.37. The minimum Gasteiger partial charge on any atom is -0.353 e. The number of anilines is 1. The van der Waals surface area contributed by atoms with Crippen molar-refractivity contribution >= 4 is 34.1 Å². The standard InChI is InChI=1S/C25H28N6OS/c1-16(2)31-24-21(15-27-31)20(14-22(28-24)19-13-17(3)33-18(19)4)25(32)30-11-9-29(10-12-30)23-7-5-6-8-26-23/h5-8,13-16H,9-12H2,1-4H3. The monoisotopic (exact) mass is 460 g/mol. The molecule has 0 bridgehead atoms. The van der Waals surface area contributed by atoms with Crippen LogP contribution in [0.15, 0.2) is 42.7 Å². The molecule has 170 valence electrons. The van der Waals surface area contributed by atoms with E-state index in [-0.39, 0.29) is 11.9 Å². The molecule has 5 heterocycles. The number of rotatable bonds is 4. The number of aryl methyl sites for hydroxylation is 2. The van der Waals surface area contributed by atoms with Gasteiger partial charge in [-0.3, -0.25) is 4.79 Å². The molecule has 1 aliphatic rings. The Labute approximate surface area is 197 Å². The minimum atomic E-state index is 0.0391. The SMILES string of the molecule is Cc1cc(-c2cc(C(=O)N3CCN(c4ccccn4)CC3)c3cnn(C(C)C)c3n2)c(C)s1. The van der Waals surface area contributed by atoms with E-state index in [9.17, 15) is 4.79 Å². The maximum absolute atomic E-state index is 13.7. The lowest BCUT2D eigenvalue weighted by molar-refractivity contribution is 0.0748. The van der Waals surface area contributed by atoms with Gasteiger partial charge in [0.05, 0.1) is 22.8 Å². The van der Waals surface area contributed by atoms with Gasteiger partial charge in [-0.1, -0.05) is 6.07 Å². The van der Waals surface area contributed by atoms with E-state index in [1.807, 2.05) is 40.0 Å². The predicted octanol–water partition coefficient (Wildman–Crippen LogP) is 4.71. The number of carbonyl (C=O) groups is 1. The third-order valence-corrected chi connectivity index (χ3v) is 7.11. The molecule has 1 saturated heterocycles. The number of hydrogen-bond donors (Lipinski definition) is 0. The molecule has 1 fully saturated rings. The van der Waals surface area contributed by atoms with Gasteiger partial charge in [0.2, 0.25) is 0 Å². The number of amides is 1. The predicted molar refractivity (Wildman–Crippen MR) is 133 cm³/mol. The molecule has 0 aromatic carbocycles. The van der Waals surface area contributed by atoms with Crippen molar-refractivity contribution in [2.75, 3.05) is 31.1 Å². The molecule has 33 heavy (non-hydrogen) atoms. The van der Waals surface area contributed by atoms with Gasteiger partial charge in [0.15, 0.2) is 5.65 Å². The molecule has 0 spiro atoms. The van der Waals surface area contributed by atoms with Crippen molar-refractivity contribution in [1.29, 1.82) is 0 Å². The Kier molecular flexibility index (Phi) is 5.62. The number of fused-ring (bicyclic) bond motifs is 1. The van der Waals surface area contributed by atoms with Crippen LogP contribution in [-0.2, 0) is 0 Å². The molecule has 0 aliphatic carbocycles. The number of carbonyl (C=O) groups excluding carboxylic acids is 1. The first kappa shape index (κ1) is 21.6. The van der Waals surface area contributed by atoms with Crippen LogP contribution in [0.1, 0.15) is 40.0 Å². The topological polar surface area (TPSA) is 67.2 Å². The Hall–Kier alpha value is -3.26. The fourth-order valence-electron chi connectivity index (χ4n) is 4.45. The number of aromatic nitrogens is 4. The van der Waals surface area contributed by atoms with E-state index in [0.717, 1.165) is 41.2 Å². The van der Waals surface area contributed by atoms with Gasteiger partial charge in [0, 0.05) is 53.7 Å². The van der Waals surface area contributed by atoms with E-state index in [4.69, 9.17) is 4.98 Å². The molecule has 0 radical (unpaired) electrons. The summed E-state index contributed by atoms with van der Waals surface area (Å²) in [6.45, 7) is 11.2. The molecule has 1 amide bonds. The van der Waals surface area contributed by atoms with Crippen molar-refractivity contribution in [3.05, 3.63) is 58.0 Å². The van der Waals surface area contributed by atoms with Gasteiger partial charge in [0.1, 0.15) is 5.82 Å². The average Bonchev–Trinajstić information content (AvgIpc) is 3.41. The number of nitrogens with zero attached hydrogens (tertiary/aromatic N) is 6. The lowest BCUT2D eigenvalue weighted by Crippen LogP contribution is -2.49. The van der Waals surface area contributed by atoms with Crippen LogP contribution < -0.4 is 4.90 Å². The first-order valence-corrected chi connectivity index (χ1v) is 12.1. The van der Waals surface area contributed by atoms with Crippen molar-refractivity contribution < 1.29 is 4.79 Å². The lowest BCUT2D eigenvalue weighted by atomic mass is 10.1. The van der Waals surface area contributed by atoms with E-state index < -0.39 is 0 Å². The molecule has 4 aromatic heterocycles. The maximum atomic E-state index is 13.7. The number of hydrogen-bond acceptors (Lipinski definition) is 6. The zero-order valence-corrected chi connectivity index (χ0v) is 20.3. The summed E-state index contributed by atoms with van der Waals surface area (Å²) in [5.74, 6) is 0.997. The highest BCUT2D eigenvalue weighted by Crippen LogP contribution is 2.33. The van der Waals surface area contributed by atoms with E-state index in [2.05, 4.69) is 48.7 Å². The Morgan fingerprint density at radius 2 is 1.88 bits per heavy atom. The second-order valence-corrected chi connectivity index (χ2v) is 10.2. The van der Waals surface area contributed by atoms with E-state index in [0.29, 0.717) is 18.7 Å². The van der Waals surface area contributed by atoms with Crippen molar-refractivity contribution in [2.45, 2.75) is 33.7 Å². The van der Waals surface area contributed by atoms with Gasteiger partial charge < -0.3 is 9.80 Å². The third-order valence-electron chi connectivity index (χ3n) is 6.14. The van der Waals surface area contributed by atoms with Crippen LogP contribution in [0, 0.1) is 13.8 Å². The summed E-state index contributed by atoms with van der Waals surface area (Å²) in [4.78, 5) is 29.8. The summed E-state index contributed by atoms with van der Waals surface area (Å²) in [5, 5.41) is 5.38. The van der Waals surface area contributed by atoms with Crippen LogP contribution in [-0.4, -0.2) is 56.7 Å². The summed E-state index contributed by atoms with van der Waals surface area (Å²) in [7, 11) is 0. The fraction of sp³-hybridized carbons (Fsp3) is 0.360. The summed E-state index contributed by atoms with van der Waals surface area (Å²) >= 11 is 1.75. The number of pyridine rings is 2. The average molecular weight is 461 g/mol. The molecule has 0 unspecified atom stereocenters. The number of piperazine rings is 1. The second kappa shape index (κ2) is 8.59. The minimum absolute atomic E-state index is 0.0391. The van der Waals surface area contributed by atoms with Crippen LogP contribution in [0.3, 0.4) is 0 Å². The third kappa shape index (κ3) is 3.99. The molecule has 0 N–H and O–H groups in total. The molecule has 0 saturated carbocycles. The molecular weight excluding hydrogens is 432 g/mol. The molecule has 1 aliphatic heterocycles. The van der Waals surface area contributed by atoms with Crippen LogP contribution in [0.25, 0.3) is 22.3 Å². The van der Waals surface area contributed by atoms with Gasteiger partial charge in [-0.15, -0.1) is 11.3 Å². The van der Waals surface area contributed by atoms with E-state index in [1.165, 1.54) is 9.75 Å². The Bertz CT molecular complexity index is 1300. The van der Waals surface area contributed by atoms with Crippen LogP contribution in [0.5, 0.6) is 0 Å². The van der Waals surface area contributed by atoms with Gasteiger partial charge in [0.25, 0.3) is 5.91 Å². The lowest BCUT2D eigenvalue weighted by Gasteiger charge is -2.35. The Morgan fingerprint density at radius 1 is 1.09 bits per heavy atom. The van der Waals surface area contributed by atoms with Crippen LogP contribution in [0.4, 0.5) is 5.82 Å². The quantitative estimate of drug-likeness (QED) is 0.441. The van der Waals surface area contributed by atoms with E-state index >= 15 is 0 Å². The Morgan fingerprint density at radius 3 is 2.52 bits per heavy atom. The number of thiophene rings is 1. The molecule has 7 nitrogen and oxygen atoms in total. The van der Waals surface area contributed by atoms with Crippen molar-refractivity contribution in [1.82, 2.24) is 24.6 Å². The van der Waals surface area contributed by atoms with Gasteiger partial charge >= 0.3 is 0 Å². The highest BCUT2D eigenvalue weighted by molar-refractivity contribution is 7.12. The van der Waals surface area contributed by atoms with Crippen molar-refractivity contribution in [2.24, 2.45) is 0 Å². The first-order valence-electron chi connectivity index (χ1n) is 11.3. The van der Waals surface area contributed by atoms with Crippen LogP contribution in [0.2, 0.25) is 0 Å². The first-order chi connectivity index (χ1) is 15.9. The molecule has 8 heteroatoms. The largest absolute Gasteiger partial charge is 0.353 e. The van der Waals surface area contributed by atoms with Gasteiger partial charge in [-0.05, 0) is 52.0 Å². The molecular formula is C25H28N6OS. The normalized spacial score (nSPS) is 14.5. The molecule has 4 aromatic rings. The zero-order valence-electron chi connectivity index (χ0n) is 19.4. The summed E-state index contributed by atoms with van der Waals surface area (Å²) < 4.78 is 1.91. The van der Waals surface area contributed by atoms with Gasteiger partial charge in [-0.25, -0.2) is 14.6 Å². The summed E-state index contributed by atoms with van der Waals surface area (Å²) in [6.07, 6.45) is 3.60. The highest BCUT2D eigenvalue weighted by Gasteiger charge is 2.26. The fourth-order valence-corrected chi connectivity index (χ4v) is 5.38. The smallest absolute Gasteiger partial charge is 0.254 e. The van der Waals surface area contributed by atoms with Gasteiger partial charge in [-0.2, -0.15) is 5.10 Å². The van der Waals surface area contributed by atoms with Crippen LogP contribution >= 0.6 is 11.3 Å². The Balaban J connectivity index is 1.50. The molecule has 0 atom stereocenters. The van der Waals surface area contributed by atoms with Crippen molar-refractivity contribution in [3.8, 4) is 11.3 Å². The summed E-state index contributed by atoms with van der Waals surface area (Å²) in [6, 6.07) is 10.2. The van der Waals surface area contributed by atoms with E-state index in [1.54, 1.807) is 17.5 Å². The second-order valence-electron chi connectivity index (χ2n) is 8.77.